The van der Waals surface area contributed by atoms with Gasteiger partial charge in [0.05, 0.1) is 17.7 Å². The van der Waals surface area contributed by atoms with Gasteiger partial charge in [0.15, 0.2) is 0 Å². The van der Waals surface area contributed by atoms with Crippen molar-refractivity contribution < 1.29 is 24.5 Å². The smallest absolute Gasteiger partial charge is 0.295 e. The molecule has 1 atom stereocenters. The highest BCUT2D eigenvalue weighted by Gasteiger charge is 2.46. The molecule has 0 aromatic heterocycles. The lowest BCUT2D eigenvalue weighted by Crippen LogP contribution is -2.35. The molecule has 1 fully saturated rings. The molecule has 1 saturated heterocycles. The Morgan fingerprint density at radius 3 is 2.47 bits per heavy atom. The van der Waals surface area contributed by atoms with Gasteiger partial charge < -0.3 is 24.7 Å². The van der Waals surface area contributed by atoms with Crippen molar-refractivity contribution in [1.29, 1.82) is 0 Å². The van der Waals surface area contributed by atoms with Crippen LogP contribution < -0.4 is 4.74 Å². The van der Waals surface area contributed by atoms with Crippen LogP contribution in [0.2, 0.25) is 0 Å². The minimum atomic E-state index is -0.797. The Morgan fingerprint density at radius 2 is 1.88 bits per heavy atom. The number of aryl methyl sites for hydroxylation is 1. The maximum atomic E-state index is 13.0. The third-order valence-corrected chi connectivity index (χ3v) is 5.33. The molecule has 2 aromatic rings. The third kappa shape index (κ3) is 4.78. The van der Waals surface area contributed by atoms with E-state index in [1.807, 2.05) is 39.8 Å². The summed E-state index contributed by atoms with van der Waals surface area (Å²) in [4.78, 5) is 29.3. The van der Waals surface area contributed by atoms with Gasteiger partial charge in [0.25, 0.3) is 11.7 Å². The summed E-state index contributed by atoms with van der Waals surface area (Å²) in [5, 5.41) is 21.2. The lowest BCUT2D eigenvalue weighted by Gasteiger charge is -2.26. The Labute approximate surface area is 188 Å². The monoisotopic (exact) mass is 438 g/mol. The fourth-order valence-electron chi connectivity index (χ4n) is 3.80. The van der Waals surface area contributed by atoms with Crippen LogP contribution >= 0.6 is 0 Å². The molecule has 3 rings (SSSR count). The van der Waals surface area contributed by atoms with E-state index in [0.29, 0.717) is 30.0 Å². The molecule has 1 aliphatic rings. The summed E-state index contributed by atoms with van der Waals surface area (Å²) in [6.45, 7) is 6.56. The van der Waals surface area contributed by atoms with Gasteiger partial charge in [0.1, 0.15) is 17.3 Å². The van der Waals surface area contributed by atoms with Crippen LogP contribution in [0.25, 0.3) is 5.76 Å². The maximum absolute atomic E-state index is 13.0. The van der Waals surface area contributed by atoms with E-state index in [1.54, 1.807) is 30.3 Å². The first-order chi connectivity index (χ1) is 15.1. The van der Waals surface area contributed by atoms with Crippen LogP contribution in [0.4, 0.5) is 0 Å². The molecule has 0 saturated carbocycles. The van der Waals surface area contributed by atoms with Crippen molar-refractivity contribution in [3.63, 3.8) is 0 Å². The van der Waals surface area contributed by atoms with Crippen molar-refractivity contribution in [2.75, 3.05) is 27.2 Å². The van der Waals surface area contributed by atoms with Gasteiger partial charge in [-0.15, -0.1) is 0 Å². The van der Waals surface area contributed by atoms with E-state index < -0.39 is 17.7 Å². The van der Waals surface area contributed by atoms with Gasteiger partial charge in [-0.05, 0) is 76.3 Å². The summed E-state index contributed by atoms with van der Waals surface area (Å²) in [7, 11) is 3.76. The number of aliphatic hydroxyl groups excluding tert-OH is 1. The molecule has 0 spiro atoms. The zero-order valence-electron chi connectivity index (χ0n) is 19.1. The number of aliphatic hydroxyl groups is 1. The second-order valence-corrected chi connectivity index (χ2v) is 8.54. The molecule has 2 N–H and O–H groups in total. The average Bonchev–Trinajstić information content (AvgIpc) is 2.97. The fourth-order valence-corrected chi connectivity index (χ4v) is 3.80. The Kier molecular flexibility index (Phi) is 6.89. The number of ether oxygens (including phenoxy) is 1. The minimum Gasteiger partial charge on any atom is -0.508 e. The van der Waals surface area contributed by atoms with Gasteiger partial charge in [0, 0.05) is 18.7 Å². The molecule has 1 amide bonds. The second kappa shape index (κ2) is 9.44. The molecule has 1 heterocycles. The summed E-state index contributed by atoms with van der Waals surface area (Å²) in [6.07, 6.45) is 0.000858. The molecule has 32 heavy (non-hydrogen) atoms. The molecule has 0 radical (unpaired) electrons. The Balaban J connectivity index is 2.12. The zero-order valence-corrected chi connectivity index (χ0v) is 19.1. The van der Waals surface area contributed by atoms with Crippen molar-refractivity contribution in [1.82, 2.24) is 9.80 Å². The fraction of sp³-hybridized carbons (Fsp3) is 0.360. The van der Waals surface area contributed by atoms with Crippen molar-refractivity contribution in [2.45, 2.75) is 32.9 Å². The molecule has 170 valence electrons. The highest BCUT2D eigenvalue weighted by molar-refractivity contribution is 6.46. The summed E-state index contributed by atoms with van der Waals surface area (Å²) < 4.78 is 5.76. The standard InChI is InChI=1S/C25H30N2O5/c1-15(2)32-20-10-9-18(13-16(20)3)23(29)21-22(17-7-6-8-19(28)14-17)27(12-11-26(4)5)25(31)24(21)30/h6-10,13-15,22,28-29H,11-12H2,1-5H3/b23-21-. The van der Waals surface area contributed by atoms with Gasteiger partial charge in [-0.25, -0.2) is 0 Å². The number of Topliss-reactive ketones (excluding diaryl/α,β-unsaturated/α-hetero) is 1. The summed E-state index contributed by atoms with van der Waals surface area (Å²) in [6, 6.07) is 10.8. The van der Waals surface area contributed by atoms with Gasteiger partial charge in [-0.3, -0.25) is 9.59 Å². The first-order valence-electron chi connectivity index (χ1n) is 10.6. The van der Waals surface area contributed by atoms with Crippen molar-refractivity contribution >= 4 is 17.4 Å². The maximum Gasteiger partial charge on any atom is 0.295 e. The van der Waals surface area contributed by atoms with Crippen LogP contribution in [0.15, 0.2) is 48.0 Å². The number of phenolic OH excluding ortho intramolecular Hbond substituents is 1. The van der Waals surface area contributed by atoms with Crippen LogP contribution in [-0.2, 0) is 9.59 Å². The predicted molar refractivity (Wildman–Crippen MR) is 123 cm³/mol. The molecule has 0 aliphatic carbocycles. The number of rotatable bonds is 7. The average molecular weight is 439 g/mol. The predicted octanol–water partition coefficient (Wildman–Crippen LogP) is 3.47. The van der Waals surface area contributed by atoms with Crippen molar-refractivity contribution in [3.05, 3.63) is 64.7 Å². The number of likely N-dealkylation sites (tertiary alicyclic amines) is 1. The van der Waals surface area contributed by atoms with E-state index in [1.165, 1.54) is 17.0 Å². The highest BCUT2D eigenvalue weighted by atomic mass is 16.5. The molecule has 7 nitrogen and oxygen atoms in total. The van der Waals surface area contributed by atoms with Crippen molar-refractivity contribution in [2.24, 2.45) is 0 Å². The first kappa shape index (κ1) is 23.3. The number of likely N-dealkylation sites (N-methyl/N-ethyl adjacent to an activating group) is 1. The number of ketones is 1. The number of carbonyl (C=O) groups is 2. The van der Waals surface area contributed by atoms with E-state index in [9.17, 15) is 19.8 Å². The van der Waals surface area contributed by atoms with Crippen LogP contribution in [0.5, 0.6) is 11.5 Å². The minimum absolute atomic E-state index is 0.000858. The second-order valence-electron chi connectivity index (χ2n) is 8.54. The van der Waals surface area contributed by atoms with E-state index in [0.717, 1.165) is 5.56 Å². The van der Waals surface area contributed by atoms with Crippen LogP contribution in [0.1, 0.15) is 36.6 Å². The molecule has 1 unspecified atom stereocenters. The topological polar surface area (TPSA) is 90.3 Å². The molecule has 1 aliphatic heterocycles. The van der Waals surface area contributed by atoms with Crippen LogP contribution in [0.3, 0.4) is 0 Å². The van der Waals surface area contributed by atoms with Crippen LogP contribution in [-0.4, -0.2) is 65.0 Å². The summed E-state index contributed by atoms with van der Waals surface area (Å²) in [5.41, 5.74) is 1.80. The highest BCUT2D eigenvalue weighted by Crippen LogP contribution is 2.40. The number of phenols is 1. The van der Waals surface area contributed by atoms with Gasteiger partial charge >= 0.3 is 0 Å². The zero-order chi connectivity index (χ0) is 23.6. The molecule has 7 heteroatoms. The van der Waals surface area contributed by atoms with E-state index >= 15 is 0 Å². The van der Waals surface area contributed by atoms with Gasteiger partial charge in [-0.1, -0.05) is 12.1 Å². The Bertz CT molecular complexity index is 1060. The summed E-state index contributed by atoms with van der Waals surface area (Å²) >= 11 is 0. The van der Waals surface area contributed by atoms with Crippen molar-refractivity contribution in [3.8, 4) is 11.5 Å². The van der Waals surface area contributed by atoms with Gasteiger partial charge in [-0.2, -0.15) is 0 Å². The largest absolute Gasteiger partial charge is 0.508 e. The lowest BCUT2D eigenvalue weighted by molar-refractivity contribution is -0.140. The number of nitrogens with zero attached hydrogens (tertiary/aromatic N) is 2. The Hall–Kier alpha value is -3.32. The number of hydrogen-bond donors (Lipinski definition) is 2. The number of benzene rings is 2. The molecular weight excluding hydrogens is 408 g/mol. The SMILES string of the molecule is Cc1cc(/C(O)=C2/C(=O)C(=O)N(CCN(C)C)C2c2cccc(O)c2)ccc1OC(C)C. The number of aromatic hydroxyl groups is 1. The molecule has 0 bridgehead atoms. The van der Waals surface area contributed by atoms with Gasteiger partial charge in [0.2, 0.25) is 0 Å². The van der Waals surface area contributed by atoms with Crippen LogP contribution in [0, 0.1) is 6.92 Å². The number of hydrogen-bond acceptors (Lipinski definition) is 6. The lowest BCUT2D eigenvalue weighted by atomic mass is 9.94. The van der Waals surface area contributed by atoms with E-state index in [4.69, 9.17) is 4.74 Å². The Morgan fingerprint density at radius 1 is 1.16 bits per heavy atom. The first-order valence-corrected chi connectivity index (χ1v) is 10.6. The molecule has 2 aromatic carbocycles. The number of amides is 1. The summed E-state index contributed by atoms with van der Waals surface area (Å²) in [5.74, 6) is -0.949. The number of carbonyl (C=O) groups excluding carboxylic acids is 2. The van der Waals surface area contributed by atoms with E-state index in [-0.39, 0.29) is 23.2 Å². The van der Waals surface area contributed by atoms with E-state index in [2.05, 4.69) is 0 Å². The third-order valence-electron chi connectivity index (χ3n) is 5.33. The normalized spacial score (nSPS) is 18.1. The quantitative estimate of drug-likeness (QED) is 0.391. The molecular formula is C25H30N2O5.